The van der Waals surface area contributed by atoms with E-state index in [1.54, 1.807) is 31.4 Å². The predicted octanol–water partition coefficient (Wildman–Crippen LogP) is 4.13. The number of phenols is 3. The summed E-state index contributed by atoms with van der Waals surface area (Å²) in [5, 5.41) is 29.6. The highest BCUT2D eigenvalue weighted by molar-refractivity contribution is 5.48. The highest BCUT2D eigenvalue weighted by atomic mass is 16.5. The van der Waals surface area contributed by atoms with E-state index in [1.807, 2.05) is 36.4 Å². The van der Waals surface area contributed by atoms with Crippen molar-refractivity contribution in [2.45, 2.75) is 19.4 Å². The second kappa shape index (κ2) is 7.93. The molecule has 0 aliphatic carbocycles. The Bertz CT molecular complexity index is 799. The Kier molecular flexibility index (Phi) is 5.44. The number of rotatable bonds is 6. The van der Waals surface area contributed by atoms with Gasteiger partial charge in [0.15, 0.2) is 0 Å². The van der Waals surface area contributed by atoms with Gasteiger partial charge in [-0.3, -0.25) is 0 Å². The zero-order valence-corrected chi connectivity index (χ0v) is 14.6. The third kappa shape index (κ3) is 4.35. The van der Waals surface area contributed by atoms with Gasteiger partial charge in [-0.05, 0) is 64.2 Å². The van der Waals surface area contributed by atoms with Crippen molar-refractivity contribution >= 4 is 0 Å². The molecule has 0 heterocycles. The first kappa shape index (κ1) is 17.8. The van der Waals surface area contributed by atoms with Crippen molar-refractivity contribution in [2.75, 3.05) is 7.11 Å². The lowest BCUT2D eigenvalue weighted by Gasteiger charge is -2.14. The van der Waals surface area contributed by atoms with Crippen LogP contribution in [0.3, 0.4) is 0 Å². The first-order valence-corrected chi connectivity index (χ1v) is 8.43. The number of phenolic OH excluding ortho intramolecular Hbond substituents is 3. The predicted molar refractivity (Wildman–Crippen MR) is 101 cm³/mol. The Balaban J connectivity index is 1.93. The standard InChI is InChI=1S/C22H22O4/c1-26-14-17-12-18(10-15-2-6-20(23)7-3-15)22(25)19(13-17)11-16-4-8-21(24)9-5-16/h2-9,12-13,23-25H,10-11,14H2,1H3. The van der Waals surface area contributed by atoms with Gasteiger partial charge in [-0.1, -0.05) is 24.3 Å². The van der Waals surface area contributed by atoms with E-state index in [2.05, 4.69) is 0 Å². The molecule has 0 spiro atoms. The van der Waals surface area contributed by atoms with E-state index in [0.717, 1.165) is 27.8 Å². The smallest absolute Gasteiger partial charge is 0.122 e. The molecule has 134 valence electrons. The molecule has 0 unspecified atom stereocenters. The minimum Gasteiger partial charge on any atom is -0.508 e. The maximum Gasteiger partial charge on any atom is 0.122 e. The fourth-order valence-electron chi connectivity index (χ4n) is 3.02. The molecular weight excluding hydrogens is 328 g/mol. The van der Waals surface area contributed by atoms with Gasteiger partial charge in [0.1, 0.15) is 17.2 Å². The SMILES string of the molecule is COCc1cc(Cc2ccc(O)cc2)c(O)c(Cc2ccc(O)cc2)c1. The Morgan fingerprint density at radius 3 is 1.46 bits per heavy atom. The van der Waals surface area contributed by atoms with Crippen LogP contribution in [0.25, 0.3) is 0 Å². The topological polar surface area (TPSA) is 69.9 Å². The van der Waals surface area contributed by atoms with Gasteiger partial charge in [-0.15, -0.1) is 0 Å². The first-order chi connectivity index (χ1) is 12.5. The summed E-state index contributed by atoms with van der Waals surface area (Å²) in [5.41, 5.74) is 4.64. The average molecular weight is 350 g/mol. The van der Waals surface area contributed by atoms with Crippen molar-refractivity contribution in [2.24, 2.45) is 0 Å². The Hall–Kier alpha value is -2.98. The summed E-state index contributed by atoms with van der Waals surface area (Å²) in [4.78, 5) is 0. The molecule has 26 heavy (non-hydrogen) atoms. The van der Waals surface area contributed by atoms with Crippen molar-refractivity contribution in [3.05, 3.63) is 88.5 Å². The van der Waals surface area contributed by atoms with Gasteiger partial charge in [-0.2, -0.15) is 0 Å². The fourth-order valence-corrected chi connectivity index (χ4v) is 3.02. The minimum absolute atomic E-state index is 0.221. The van der Waals surface area contributed by atoms with E-state index in [1.165, 1.54) is 0 Å². The third-order valence-corrected chi connectivity index (χ3v) is 4.30. The van der Waals surface area contributed by atoms with Crippen LogP contribution >= 0.6 is 0 Å². The van der Waals surface area contributed by atoms with Gasteiger partial charge in [0.2, 0.25) is 0 Å². The summed E-state index contributed by atoms with van der Waals surface area (Å²) in [6.45, 7) is 0.464. The van der Waals surface area contributed by atoms with Crippen LogP contribution in [0.5, 0.6) is 17.2 Å². The molecule has 0 saturated carbocycles. The Labute approximate surface area is 153 Å². The van der Waals surface area contributed by atoms with Crippen molar-refractivity contribution in [1.82, 2.24) is 0 Å². The van der Waals surface area contributed by atoms with Crippen molar-refractivity contribution in [3.63, 3.8) is 0 Å². The number of benzene rings is 3. The fraction of sp³-hybridized carbons (Fsp3) is 0.182. The van der Waals surface area contributed by atoms with Crippen LogP contribution in [0.2, 0.25) is 0 Å². The molecule has 4 heteroatoms. The van der Waals surface area contributed by atoms with Gasteiger partial charge in [0.05, 0.1) is 6.61 Å². The lowest BCUT2D eigenvalue weighted by atomic mass is 9.95. The highest BCUT2D eigenvalue weighted by Crippen LogP contribution is 2.30. The van der Waals surface area contributed by atoms with Gasteiger partial charge in [-0.25, -0.2) is 0 Å². The molecule has 0 bridgehead atoms. The second-order valence-corrected chi connectivity index (χ2v) is 6.38. The Morgan fingerprint density at radius 2 is 1.08 bits per heavy atom. The van der Waals surface area contributed by atoms with Crippen molar-refractivity contribution in [1.29, 1.82) is 0 Å². The maximum absolute atomic E-state index is 10.8. The molecule has 3 rings (SSSR count). The van der Waals surface area contributed by atoms with Crippen LogP contribution < -0.4 is 0 Å². The lowest BCUT2D eigenvalue weighted by Crippen LogP contribution is -1.99. The van der Waals surface area contributed by atoms with Crippen molar-refractivity contribution < 1.29 is 20.1 Å². The lowest BCUT2D eigenvalue weighted by molar-refractivity contribution is 0.184. The van der Waals surface area contributed by atoms with Crippen molar-refractivity contribution in [3.8, 4) is 17.2 Å². The monoisotopic (exact) mass is 350 g/mol. The number of aromatic hydroxyl groups is 3. The van der Waals surface area contributed by atoms with Crippen LogP contribution in [0.15, 0.2) is 60.7 Å². The van der Waals surface area contributed by atoms with E-state index < -0.39 is 0 Å². The van der Waals surface area contributed by atoms with E-state index in [4.69, 9.17) is 4.74 Å². The molecule has 0 aliphatic heterocycles. The molecule has 0 saturated heterocycles. The second-order valence-electron chi connectivity index (χ2n) is 6.38. The Morgan fingerprint density at radius 1 is 0.654 bits per heavy atom. The average Bonchev–Trinajstić information content (AvgIpc) is 2.63. The van der Waals surface area contributed by atoms with Gasteiger partial charge in [0, 0.05) is 20.0 Å². The van der Waals surface area contributed by atoms with Crippen LogP contribution in [-0.2, 0) is 24.2 Å². The molecule has 0 aliphatic rings. The summed E-state index contributed by atoms with van der Waals surface area (Å²) in [6, 6.07) is 17.8. The number of hydrogen-bond donors (Lipinski definition) is 3. The molecule has 0 amide bonds. The minimum atomic E-state index is 0.221. The van der Waals surface area contributed by atoms with Gasteiger partial charge >= 0.3 is 0 Å². The van der Waals surface area contributed by atoms with Gasteiger partial charge < -0.3 is 20.1 Å². The van der Waals surface area contributed by atoms with Crippen LogP contribution in [0.1, 0.15) is 27.8 Å². The maximum atomic E-state index is 10.8. The molecule has 3 aromatic rings. The number of methoxy groups -OCH3 is 1. The largest absolute Gasteiger partial charge is 0.508 e. The third-order valence-electron chi connectivity index (χ3n) is 4.30. The zero-order chi connectivity index (χ0) is 18.5. The molecule has 0 radical (unpaired) electrons. The summed E-state index contributed by atoms with van der Waals surface area (Å²) in [5.74, 6) is 0.712. The molecule has 3 N–H and O–H groups in total. The molecule has 3 aromatic carbocycles. The molecule has 0 aromatic heterocycles. The molecular formula is C22H22O4. The summed E-state index contributed by atoms with van der Waals surface area (Å²) >= 11 is 0. The molecule has 0 fully saturated rings. The summed E-state index contributed by atoms with van der Waals surface area (Å²) in [7, 11) is 1.64. The van der Waals surface area contributed by atoms with E-state index in [9.17, 15) is 15.3 Å². The van der Waals surface area contributed by atoms with Crippen LogP contribution in [0.4, 0.5) is 0 Å². The molecule has 4 nitrogen and oxygen atoms in total. The summed E-state index contributed by atoms with van der Waals surface area (Å²) in [6.07, 6.45) is 1.12. The molecule has 0 atom stereocenters. The van der Waals surface area contributed by atoms with E-state index in [0.29, 0.717) is 19.4 Å². The quantitative estimate of drug-likeness (QED) is 0.625. The normalized spacial score (nSPS) is 10.8. The van der Waals surface area contributed by atoms with E-state index >= 15 is 0 Å². The highest BCUT2D eigenvalue weighted by Gasteiger charge is 2.12. The zero-order valence-electron chi connectivity index (χ0n) is 14.6. The van der Waals surface area contributed by atoms with Crippen LogP contribution in [0, 0.1) is 0 Å². The first-order valence-electron chi connectivity index (χ1n) is 8.43. The van der Waals surface area contributed by atoms with E-state index in [-0.39, 0.29) is 17.2 Å². The van der Waals surface area contributed by atoms with Gasteiger partial charge in [0.25, 0.3) is 0 Å². The summed E-state index contributed by atoms with van der Waals surface area (Å²) < 4.78 is 5.26. The van der Waals surface area contributed by atoms with Crippen LogP contribution in [-0.4, -0.2) is 22.4 Å². The number of hydrogen-bond acceptors (Lipinski definition) is 4. The number of ether oxygens (including phenoxy) is 1.